The van der Waals surface area contributed by atoms with Crippen LogP contribution in [-0.2, 0) is 9.53 Å². The summed E-state index contributed by atoms with van der Waals surface area (Å²) in [7, 11) is 0.500. The number of ketones is 1. The molecule has 0 aliphatic heterocycles. The van der Waals surface area contributed by atoms with Gasteiger partial charge in [-0.15, -0.1) is 0 Å². The highest BCUT2D eigenvalue weighted by atomic mass is 19.4. The number of carbonyl (C=O) groups is 1. The van der Waals surface area contributed by atoms with E-state index in [2.05, 4.69) is 6.58 Å². The Labute approximate surface area is 172 Å². The fourth-order valence-corrected chi connectivity index (χ4v) is 0.459. The molecule has 0 spiro atoms. The fourth-order valence-electron chi connectivity index (χ4n) is 0.459. The van der Waals surface area contributed by atoms with Crippen LogP contribution in [0.2, 0.25) is 0 Å². The highest BCUT2D eigenvalue weighted by molar-refractivity contribution is 5.95. The van der Waals surface area contributed by atoms with Crippen molar-refractivity contribution in [2.75, 3.05) is 27.1 Å². The Morgan fingerprint density at radius 2 is 1.21 bits per heavy atom. The predicted molar refractivity (Wildman–Crippen MR) is 117 cm³/mol. The lowest BCUT2D eigenvalue weighted by Gasteiger charge is -2.08. The summed E-state index contributed by atoms with van der Waals surface area (Å²) in [5.41, 5.74) is 0.563. The third kappa shape index (κ3) is 85.3. The van der Waals surface area contributed by atoms with Gasteiger partial charge in [0.2, 0.25) is 0 Å². The van der Waals surface area contributed by atoms with E-state index in [-0.39, 0.29) is 69.7 Å². The van der Waals surface area contributed by atoms with Crippen molar-refractivity contribution in [1.82, 2.24) is 0 Å². The van der Waals surface area contributed by atoms with Crippen LogP contribution >= 0.6 is 0 Å². The monoisotopic (exact) mass is 436 g/mol. The minimum atomic E-state index is -4.62. The Morgan fingerprint density at radius 3 is 1.36 bits per heavy atom. The Bertz CT molecular complexity index is 258. The van der Waals surface area contributed by atoms with E-state index in [1.165, 1.54) is 6.92 Å². The molecule has 0 radical (unpaired) electrons. The topological polar surface area (TPSA) is 26.3 Å². The fraction of sp³-hybridized carbons (Fsp3) is 0.850. The van der Waals surface area contributed by atoms with Gasteiger partial charge in [0.25, 0.3) is 0 Å². The first-order valence-corrected chi connectivity index (χ1v) is 6.42. The third-order valence-electron chi connectivity index (χ3n) is 1.70. The maximum atomic E-state index is 10.9. The molecule has 0 rings (SSSR count). The predicted octanol–water partition coefficient (Wildman–Crippen LogP) is 8.84. The van der Waals surface area contributed by atoms with E-state index in [1.807, 2.05) is 13.8 Å². The van der Waals surface area contributed by atoms with Crippen LogP contribution in [0.5, 0.6) is 0 Å². The molecule has 0 saturated carbocycles. The van der Waals surface area contributed by atoms with Gasteiger partial charge < -0.3 is 4.74 Å². The van der Waals surface area contributed by atoms with E-state index in [4.69, 9.17) is 4.74 Å². The normalized spacial score (nSPS) is 8.39. The van der Waals surface area contributed by atoms with Gasteiger partial charge in [-0.1, -0.05) is 58.1 Å². The Balaban J connectivity index is -0.0000000210. The van der Waals surface area contributed by atoms with Crippen molar-refractivity contribution in [3.05, 3.63) is 12.2 Å². The highest BCUT2D eigenvalue weighted by Gasteiger charge is 2.26. The number of hydrogen-bond acceptors (Lipinski definition) is 2. The molecule has 28 heavy (non-hydrogen) atoms. The van der Waals surface area contributed by atoms with Crippen molar-refractivity contribution in [2.45, 2.75) is 91.0 Å². The lowest BCUT2D eigenvalue weighted by Crippen LogP contribution is -2.15. The molecule has 0 heterocycles. The number of alkyl halides is 6. The lowest BCUT2D eigenvalue weighted by atomic mass is 10.2. The van der Waals surface area contributed by atoms with Crippen LogP contribution in [0.15, 0.2) is 12.2 Å². The van der Waals surface area contributed by atoms with Gasteiger partial charge in [0.15, 0.2) is 12.5 Å². The summed E-state index contributed by atoms with van der Waals surface area (Å²) in [6, 6.07) is 0. The summed E-state index contributed by atoms with van der Waals surface area (Å²) < 4.78 is 66.6. The summed E-state index contributed by atoms with van der Waals surface area (Å²) in [4.78, 5) is 10.9. The van der Waals surface area contributed by atoms with Crippen molar-refractivity contribution in [3.63, 3.8) is 0 Å². The van der Waals surface area contributed by atoms with Gasteiger partial charge in [-0.2, -0.15) is 13.2 Å². The molecule has 1 unspecified atom stereocenters. The number of carbonyl (C=O) groups excluding carboxylic acids is 1. The number of Topliss-reactive ketones (excluding diaryl/α,β-unsaturated/α-hetero) is 1. The van der Waals surface area contributed by atoms with Crippen molar-refractivity contribution in [1.29, 1.82) is 0 Å². The Morgan fingerprint density at radius 1 is 0.964 bits per heavy atom. The Kier molecular flexibility index (Phi) is 101. The zero-order valence-electron chi connectivity index (χ0n) is 13.7. The molecule has 0 N–H and O–H groups in total. The van der Waals surface area contributed by atoms with Crippen LogP contribution in [0.25, 0.3) is 0 Å². The van der Waals surface area contributed by atoms with E-state index < -0.39 is 12.9 Å². The van der Waals surface area contributed by atoms with Gasteiger partial charge in [0.1, 0.15) is 6.61 Å². The minimum Gasteiger partial charge on any atom is -0.370 e. The van der Waals surface area contributed by atoms with E-state index in [9.17, 15) is 31.1 Å². The van der Waals surface area contributed by atoms with Crippen molar-refractivity contribution in [2.24, 2.45) is 0 Å². The molecule has 0 aromatic heterocycles. The van der Waals surface area contributed by atoms with E-state index in [0.717, 1.165) is 6.42 Å². The average Bonchev–Trinajstić information content (AvgIpc) is 2.47. The van der Waals surface area contributed by atoms with Gasteiger partial charge >= 0.3 is 6.18 Å². The van der Waals surface area contributed by atoms with E-state index in [1.54, 1.807) is 6.92 Å². The minimum absolute atomic E-state index is 0. The first kappa shape index (κ1) is 63.2. The summed E-state index contributed by atoms with van der Waals surface area (Å²) in [6.45, 7) is 8.35. The highest BCUT2D eigenvalue weighted by Crippen LogP contribution is 2.13. The second-order valence-corrected chi connectivity index (χ2v) is 3.75. The molecule has 2 nitrogen and oxygen atoms in total. The van der Waals surface area contributed by atoms with E-state index in [0.29, 0.717) is 12.8 Å². The third-order valence-corrected chi connectivity index (χ3v) is 1.70. The molecule has 0 aromatic carbocycles. The standard InChI is InChI=1S/C9H16O2.C2H2F4.C2H5F.CH3F.6CH4/c1-5-8(4)11-6-9(10)7(2)3;3-1-2(4,5)6;1-2-3;1-2;;;;;;/h8H,2,5-6H2,1,3-4H3;1H2;2H2,1H3;1H3;6*1H4. The molecule has 184 valence electrons. The van der Waals surface area contributed by atoms with Gasteiger partial charge in [0, 0.05) is 0 Å². The zero-order valence-corrected chi connectivity index (χ0v) is 13.7. The zero-order chi connectivity index (χ0) is 18.8. The van der Waals surface area contributed by atoms with Gasteiger partial charge in [-0.25, -0.2) is 4.39 Å². The van der Waals surface area contributed by atoms with Crippen LogP contribution in [-0.4, -0.2) is 45.2 Å². The van der Waals surface area contributed by atoms with Gasteiger partial charge in [-0.05, 0) is 32.8 Å². The molecular weight excluding hydrogens is 386 g/mol. The lowest BCUT2D eigenvalue weighted by molar-refractivity contribution is -0.142. The molecule has 1 atom stereocenters. The Hall–Kier alpha value is -1.05. The molecule has 8 heteroatoms. The largest absolute Gasteiger partial charge is 0.416 e. The average molecular weight is 437 g/mol. The molecular formula is C20H50F6O2. The van der Waals surface area contributed by atoms with Crippen molar-refractivity contribution in [3.8, 4) is 0 Å². The van der Waals surface area contributed by atoms with Crippen molar-refractivity contribution < 1.29 is 35.9 Å². The summed E-state index contributed by atoms with van der Waals surface area (Å²) in [5.74, 6) is -0.00898. The van der Waals surface area contributed by atoms with Crippen LogP contribution in [0, 0.1) is 0 Å². The SMILES string of the molecule is C.C.C.C.C.C.C=C(C)C(=O)COC(C)CC.CCF.CF.FCC(F)(F)F. The van der Waals surface area contributed by atoms with Crippen LogP contribution in [0.4, 0.5) is 26.3 Å². The van der Waals surface area contributed by atoms with Crippen molar-refractivity contribution >= 4 is 5.78 Å². The second-order valence-electron chi connectivity index (χ2n) is 3.75. The molecule has 0 aliphatic rings. The summed E-state index contributed by atoms with van der Waals surface area (Å²) >= 11 is 0. The molecule has 0 saturated heterocycles. The van der Waals surface area contributed by atoms with Crippen LogP contribution in [0.1, 0.15) is 78.7 Å². The van der Waals surface area contributed by atoms with Crippen LogP contribution in [0.3, 0.4) is 0 Å². The quantitative estimate of drug-likeness (QED) is 0.318. The van der Waals surface area contributed by atoms with Gasteiger partial charge in [-0.3, -0.25) is 13.6 Å². The first-order chi connectivity index (χ1) is 10.0. The first-order valence-electron chi connectivity index (χ1n) is 6.42. The smallest absolute Gasteiger partial charge is 0.370 e. The molecule has 0 amide bonds. The number of halogens is 6. The maximum absolute atomic E-state index is 10.9. The molecule has 0 bridgehead atoms. The second kappa shape index (κ2) is 45.0. The maximum Gasteiger partial charge on any atom is 0.416 e. The van der Waals surface area contributed by atoms with Crippen LogP contribution < -0.4 is 0 Å². The number of hydrogen-bond donors (Lipinski definition) is 0. The molecule has 0 aliphatic carbocycles. The molecule has 0 fully saturated rings. The number of ether oxygens (including phenoxy) is 1. The van der Waals surface area contributed by atoms with Gasteiger partial charge in [0.05, 0.1) is 20.0 Å². The van der Waals surface area contributed by atoms with E-state index >= 15 is 0 Å². The number of rotatable bonds is 5. The summed E-state index contributed by atoms with van der Waals surface area (Å²) in [6.07, 6.45) is -3.53. The summed E-state index contributed by atoms with van der Waals surface area (Å²) in [5, 5.41) is 0. The molecule has 0 aromatic rings.